The third-order valence-corrected chi connectivity index (χ3v) is 6.04. The quantitative estimate of drug-likeness (QED) is 0.604. The van der Waals surface area contributed by atoms with E-state index in [0.717, 1.165) is 44.6 Å². The third kappa shape index (κ3) is 4.10. The van der Waals surface area contributed by atoms with Crippen molar-refractivity contribution in [2.45, 2.75) is 44.7 Å². The van der Waals surface area contributed by atoms with Gasteiger partial charge < -0.3 is 9.80 Å². The van der Waals surface area contributed by atoms with E-state index in [0.29, 0.717) is 28.5 Å². The molecule has 1 amide bonds. The molecule has 1 saturated carbocycles. The molecule has 0 N–H and O–H groups in total. The van der Waals surface area contributed by atoms with E-state index in [1.807, 2.05) is 6.92 Å². The summed E-state index contributed by atoms with van der Waals surface area (Å²) >= 11 is 5.89. The van der Waals surface area contributed by atoms with Gasteiger partial charge in [0, 0.05) is 50.0 Å². The van der Waals surface area contributed by atoms with Crippen molar-refractivity contribution in [1.29, 1.82) is 0 Å². The SMILES string of the molecule is Cc1nccn1-c1ncc(C(=O)N(C2CC2)C2CCN(c3ncc(Cl)cn3)CC2)cn1. The fourth-order valence-electron chi connectivity index (χ4n) is 4.09. The number of anilines is 1. The Morgan fingerprint density at radius 2 is 1.55 bits per heavy atom. The lowest BCUT2D eigenvalue weighted by molar-refractivity contribution is 0.0629. The van der Waals surface area contributed by atoms with Gasteiger partial charge in [0.05, 0.1) is 23.0 Å². The minimum absolute atomic E-state index is 0.0117. The van der Waals surface area contributed by atoms with Crippen LogP contribution in [0.15, 0.2) is 37.2 Å². The molecule has 1 aliphatic carbocycles. The van der Waals surface area contributed by atoms with E-state index in [4.69, 9.17) is 11.6 Å². The summed E-state index contributed by atoms with van der Waals surface area (Å²) < 4.78 is 1.79. The van der Waals surface area contributed by atoms with E-state index in [1.165, 1.54) is 0 Å². The molecule has 10 heteroatoms. The fourth-order valence-corrected chi connectivity index (χ4v) is 4.19. The number of rotatable bonds is 5. The number of halogens is 1. The summed E-state index contributed by atoms with van der Waals surface area (Å²) in [6.45, 7) is 3.50. The number of aryl methyl sites for hydroxylation is 1. The Labute approximate surface area is 185 Å². The van der Waals surface area contributed by atoms with Gasteiger partial charge in [-0.05, 0) is 32.6 Å². The summed E-state index contributed by atoms with van der Waals surface area (Å²) in [6, 6.07) is 0.505. The zero-order chi connectivity index (χ0) is 21.4. The van der Waals surface area contributed by atoms with Gasteiger partial charge in [0.25, 0.3) is 5.91 Å². The molecule has 2 aliphatic rings. The minimum Gasteiger partial charge on any atom is -0.341 e. The molecule has 160 valence electrons. The second kappa shape index (κ2) is 8.22. The van der Waals surface area contributed by atoms with Crippen LogP contribution < -0.4 is 4.90 Å². The zero-order valence-corrected chi connectivity index (χ0v) is 18.0. The molecule has 0 spiro atoms. The molecule has 1 saturated heterocycles. The number of hydrogen-bond donors (Lipinski definition) is 0. The fraction of sp³-hybridized carbons (Fsp3) is 0.429. The molecule has 1 aliphatic heterocycles. The Kier molecular flexibility index (Phi) is 5.27. The second-order valence-electron chi connectivity index (χ2n) is 7.98. The maximum Gasteiger partial charge on any atom is 0.257 e. The van der Waals surface area contributed by atoms with Gasteiger partial charge in [-0.1, -0.05) is 11.6 Å². The molecule has 0 unspecified atom stereocenters. The summed E-state index contributed by atoms with van der Waals surface area (Å²) in [7, 11) is 0. The number of carbonyl (C=O) groups is 1. The second-order valence-corrected chi connectivity index (χ2v) is 8.42. The van der Waals surface area contributed by atoms with Gasteiger partial charge in [-0.3, -0.25) is 9.36 Å². The lowest BCUT2D eigenvalue weighted by Gasteiger charge is -2.38. The Bertz CT molecular complexity index is 1060. The van der Waals surface area contributed by atoms with Crippen LogP contribution in [0.2, 0.25) is 5.02 Å². The van der Waals surface area contributed by atoms with E-state index in [2.05, 4.69) is 34.7 Å². The highest BCUT2D eigenvalue weighted by molar-refractivity contribution is 6.30. The Morgan fingerprint density at radius 3 is 2.13 bits per heavy atom. The predicted octanol–water partition coefficient (Wildman–Crippen LogP) is 2.69. The van der Waals surface area contributed by atoms with Crippen molar-refractivity contribution in [3.05, 3.63) is 53.6 Å². The van der Waals surface area contributed by atoms with Gasteiger partial charge in [-0.15, -0.1) is 0 Å². The Hall–Kier alpha value is -3.07. The molecule has 0 atom stereocenters. The molecule has 4 heterocycles. The number of imidazole rings is 1. The normalized spacial score (nSPS) is 17.0. The zero-order valence-electron chi connectivity index (χ0n) is 17.2. The van der Waals surface area contributed by atoms with Crippen LogP contribution in [0.25, 0.3) is 5.95 Å². The van der Waals surface area contributed by atoms with E-state index in [9.17, 15) is 4.79 Å². The van der Waals surface area contributed by atoms with E-state index >= 15 is 0 Å². The van der Waals surface area contributed by atoms with Crippen molar-refractivity contribution in [2.75, 3.05) is 18.0 Å². The monoisotopic (exact) mass is 438 g/mol. The highest BCUT2D eigenvalue weighted by Crippen LogP contribution is 2.33. The van der Waals surface area contributed by atoms with Crippen LogP contribution in [-0.2, 0) is 0 Å². The number of nitrogens with zero attached hydrogens (tertiary/aromatic N) is 8. The summed E-state index contributed by atoms with van der Waals surface area (Å²) in [5.41, 5.74) is 0.525. The lowest BCUT2D eigenvalue weighted by atomic mass is 10.0. The molecule has 5 rings (SSSR count). The number of amides is 1. The maximum absolute atomic E-state index is 13.4. The van der Waals surface area contributed by atoms with Crippen LogP contribution >= 0.6 is 11.6 Å². The average Bonchev–Trinajstić information content (AvgIpc) is 3.54. The standard InChI is InChI=1S/C21H23ClN8O/c1-14-23-6-9-29(14)21-24-10-15(11-25-21)19(31)30(17-2-3-17)18-4-7-28(8-5-18)20-26-12-16(22)13-27-20/h6,9-13,17-18H,2-5,7-8H2,1H3. The highest BCUT2D eigenvalue weighted by atomic mass is 35.5. The van der Waals surface area contributed by atoms with Crippen molar-refractivity contribution in [1.82, 2.24) is 34.4 Å². The van der Waals surface area contributed by atoms with Crippen LogP contribution in [0.5, 0.6) is 0 Å². The van der Waals surface area contributed by atoms with Gasteiger partial charge in [0.15, 0.2) is 0 Å². The van der Waals surface area contributed by atoms with Gasteiger partial charge in [-0.25, -0.2) is 24.9 Å². The molecular weight excluding hydrogens is 416 g/mol. The summed E-state index contributed by atoms with van der Waals surface area (Å²) in [5, 5.41) is 0.528. The smallest absolute Gasteiger partial charge is 0.257 e. The van der Waals surface area contributed by atoms with Crippen molar-refractivity contribution in [3.63, 3.8) is 0 Å². The van der Waals surface area contributed by atoms with Crippen molar-refractivity contribution in [2.24, 2.45) is 0 Å². The lowest BCUT2D eigenvalue weighted by Crippen LogP contribution is -2.48. The van der Waals surface area contributed by atoms with Gasteiger partial charge in [0.2, 0.25) is 11.9 Å². The molecule has 0 bridgehead atoms. The molecule has 0 radical (unpaired) electrons. The van der Waals surface area contributed by atoms with Crippen LogP contribution in [-0.4, -0.2) is 65.5 Å². The molecule has 3 aromatic rings. The first kappa shape index (κ1) is 19.9. The predicted molar refractivity (Wildman–Crippen MR) is 115 cm³/mol. The van der Waals surface area contributed by atoms with E-state index in [-0.39, 0.29) is 11.9 Å². The summed E-state index contributed by atoms with van der Waals surface area (Å²) in [5.74, 6) is 2.01. The van der Waals surface area contributed by atoms with Crippen LogP contribution in [0.1, 0.15) is 41.9 Å². The van der Waals surface area contributed by atoms with Crippen LogP contribution in [0.4, 0.5) is 5.95 Å². The van der Waals surface area contributed by atoms with Gasteiger partial charge in [-0.2, -0.15) is 0 Å². The molecule has 9 nitrogen and oxygen atoms in total. The van der Waals surface area contributed by atoms with Crippen LogP contribution in [0, 0.1) is 6.92 Å². The molecule has 3 aromatic heterocycles. The first-order valence-electron chi connectivity index (χ1n) is 10.5. The first-order valence-corrected chi connectivity index (χ1v) is 10.9. The Balaban J connectivity index is 1.28. The molecule has 2 fully saturated rings. The number of hydrogen-bond acceptors (Lipinski definition) is 7. The molecule has 31 heavy (non-hydrogen) atoms. The van der Waals surface area contributed by atoms with E-state index < -0.39 is 0 Å². The maximum atomic E-state index is 13.4. The van der Waals surface area contributed by atoms with Gasteiger partial charge in [0.1, 0.15) is 5.82 Å². The molecule has 0 aromatic carbocycles. The first-order chi connectivity index (χ1) is 15.1. The number of piperidine rings is 1. The van der Waals surface area contributed by atoms with Crippen molar-refractivity contribution >= 4 is 23.5 Å². The van der Waals surface area contributed by atoms with Crippen molar-refractivity contribution < 1.29 is 4.79 Å². The molecular formula is C21H23ClN8O. The largest absolute Gasteiger partial charge is 0.341 e. The number of carbonyl (C=O) groups excluding carboxylic acids is 1. The summed E-state index contributed by atoms with van der Waals surface area (Å²) in [6.07, 6.45) is 13.8. The third-order valence-electron chi connectivity index (χ3n) is 5.85. The van der Waals surface area contributed by atoms with Crippen LogP contribution in [0.3, 0.4) is 0 Å². The number of aromatic nitrogens is 6. The minimum atomic E-state index is 0.0117. The van der Waals surface area contributed by atoms with Gasteiger partial charge >= 0.3 is 0 Å². The topological polar surface area (TPSA) is 92.9 Å². The average molecular weight is 439 g/mol. The summed E-state index contributed by atoms with van der Waals surface area (Å²) in [4.78, 5) is 39.2. The van der Waals surface area contributed by atoms with Crippen molar-refractivity contribution in [3.8, 4) is 5.95 Å². The highest BCUT2D eigenvalue weighted by Gasteiger charge is 2.39. The Morgan fingerprint density at radius 1 is 0.935 bits per heavy atom. The van der Waals surface area contributed by atoms with E-state index in [1.54, 1.807) is 41.7 Å².